The normalized spacial score (nSPS) is 15.2. The Morgan fingerprint density at radius 1 is 0.912 bits per heavy atom. The van der Waals surface area contributed by atoms with Gasteiger partial charge in [0, 0.05) is 37.9 Å². The molecule has 0 aliphatic carbocycles. The maximum absolute atomic E-state index is 14.1. The van der Waals surface area contributed by atoms with Crippen molar-refractivity contribution in [3.8, 4) is 11.3 Å². The van der Waals surface area contributed by atoms with Crippen LogP contribution in [0.15, 0.2) is 53.6 Å². The summed E-state index contributed by atoms with van der Waals surface area (Å²) >= 11 is 12.2. The lowest BCUT2D eigenvalue weighted by molar-refractivity contribution is 0.376. The number of rotatable bonds is 4. The molecule has 0 N–H and O–H groups in total. The van der Waals surface area contributed by atoms with E-state index in [2.05, 4.69) is 15.1 Å². The molecule has 5 rings (SSSR count). The molecule has 8 nitrogen and oxygen atoms in total. The Kier molecular flexibility index (Phi) is 5.88. The number of hydrogen-bond acceptors (Lipinski definition) is 6. The van der Waals surface area contributed by atoms with Crippen molar-refractivity contribution in [2.24, 2.45) is 0 Å². The van der Waals surface area contributed by atoms with Crippen LogP contribution in [-0.2, 0) is 10.0 Å². The number of benzene rings is 2. The number of fused-ring (bicyclic) bond motifs is 1. The lowest BCUT2D eigenvalue weighted by Crippen LogP contribution is -2.49. The molecule has 3 heterocycles. The first kappa shape index (κ1) is 22.9. The molecular formula is C21H16Cl2F2N6O2S. The van der Waals surface area contributed by atoms with Crippen LogP contribution in [0.1, 0.15) is 0 Å². The monoisotopic (exact) mass is 524 g/mol. The maximum Gasteiger partial charge on any atom is 0.254 e. The second kappa shape index (κ2) is 8.73. The molecule has 0 bridgehead atoms. The van der Waals surface area contributed by atoms with E-state index in [9.17, 15) is 17.2 Å². The van der Waals surface area contributed by atoms with E-state index in [0.717, 1.165) is 28.1 Å². The van der Waals surface area contributed by atoms with Gasteiger partial charge in [-0.05, 0) is 30.3 Å². The molecule has 1 aliphatic rings. The van der Waals surface area contributed by atoms with Gasteiger partial charge in [-0.25, -0.2) is 22.2 Å². The average Bonchev–Trinajstić information content (AvgIpc) is 3.25. The Morgan fingerprint density at radius 2 is 1.62 bits per heavy atom. The third-order valence-electron chi connectivity index (χ3n) is 5.48. The Labute approximate surface area is 203 Å². The predicted molar refractivity (Wildman–Crippen MR) is 124 cm³/mol. The molecule has 4 aromatic rings. The Bertz CT molecular complexity index is 1490. The summed E-state index contributed by atoms with van der Waals surface area (Å²) in [4.78, 5) is 9.55. The molecule has 1 saturated heterocycles. The summed E-state index contributed by atoms with van der Waals surface area (Å²) in [5.74, 6) is -1.54. The number of anilines is 1. The molecule has 176 valence electrons. The zero-order chi connectivity index (χ0) is 24.0. The lowest BCUT2D eigenvalue weighted by atomic mass is 10.1. The van der Waals surface area contributed by atoms with Gasteiger partial charge in [-0.2, -0.15) is 13.8 Å². The van der Waals surface area contributed by atoms with Gasteiger partial charge in [0.2, 0.25) is 16.0 Å². The minimum Gasteiger partial charge on any atom is -0.337 e. The van der Waals surface area contributed by atoms with Crippen molar-refractivity contribution in [3.05, 3.63) is 70.3 Å². The number of aromatic nitrogens is 4. The molecule has 0 saturated carbocycles. The fraction of sp³-hybridized carbons (Fsp3) is 0.190. The highest BCUT2D eigenvalue weighted by Gasteiger charge is 2.34. The zero-order valence-electron chi connectivity index (χ0n) is 17.4. The van der Waals surface area contributed by atoms with Crippen molar-refractivity contribution in [3.63, 3.8) is 0 Å². The summed E-state index contributed by atoms with van der Waals surface area (Å²) in [6.07, 6.45) is 1.60. The van der Waals surface area contributed by atoms with Gasteiger partial charge < -0.3 is 4.90 Å². The fourth-order valence-electron chi connectivity index (χ4n) is 3.78. The molecule has 0 radical (unpaired) electrons. The summed E-state index contributed by atoms with van der Waals surface area (Å²) in [6, 6.07) is 9.93. The largest absolute Gasteiger partial charge is 0.337 e. The molecule has 0 amide bonds. The lowest BCUT2D eigenvalue weighted by Gasteiger charge is -2.33. The number of piperazine rings is 1. The van der Waals surface area contributed by atoms with E-state index in [4.69, 9.17) is 23.2 Å². The van der Waals surface area contributed by atoms with Crippen LogP contribution >= 0.6 is 23.2 Å². The van der Waals surface area contributed by atoms with Crippen molar-refractivity contribution >= 4 is 45.0 Å². The van der Waals surface area contributed by atoms with Crippen molar-refractivity contribution in [1.82, 2.24) is 23.9 Å². The van der Waals surface area contributed by atoms with Crippen LogP contribution in [0.3, 0.4) is 0 Å². The second-order valence-corrected chi connectivity index (χ2v) is 10.2. The van der Waals surface area contributed by atoms with Crippen LogP contribution in [0, 0.1) is 11.6 Å². The smallest absolute Gasteiger partial charge is 0.254 e. The van der Waals surface area contributed by atoms with E-state index < -0.39 is 26.6 Å². The summed E-state index contributed by atoms with van der Waals surface area (Å²) in [7, 11) is -4.33. The van der Waals surface area contributed by atoms with E-state index in [1.54, 1.807) is 39.9 Å². The number of halogens is 4. The first-order valence-electron chi connectivity index (χ1n) is 10.1. The molecule has 34 heavy (non-hydrogen) atoms. The third-order valence-corrected chi connectivity index (χ3v) is 8.17. The Morgan fingerprint density at radius 3 is 2.29 bits per heavy atom. The quantitative estimate of drug-likeness (QED) is 0.402. The molecule has 13 heteroatoms. The topological polar surface area (TPSA) is 83.7 Å². The minimum absolute atomic E-state index is 0.0126. The molecule has 1 aliphatic heterocycles. The van der Waals surface area contributed by atoms with E-state index in [0.29, 0.717) is 27.5 Å². The highest BCUT2D eigenvalue weighted by molar-refractivity contribution is 7.89. The van der Waals surface area contributed by atoms with Gasteiger partial charge in [-0.3, -0.25) is 0 Å². The van der Waals surface area contributed by atoms with E-state index in [1.165, 1.54) is 0 Å². The average molecular weight is 525 g/mol. The van der Waals surface area contributed by atoms with Crippen LogP contribution in [0.5, 0.6) is 0 Å². The van der Waals surface area contributed by atoms with Crippen LogP contribution in [0.4, 0.5) is 14.7 Å². The van der Waals surface area contributed by atoms with Crippen molar-refractivity contribution in [2.45, 2.75) is 4.90 Å². The van der Waals surface area contributed by atoms with E-state index in [1.807, 2.05) is 0 Å². The van der Waals surface area contributed by atoms with Gasteiger partial charge in [0.25, 0.3) is 5.78 Å². The Balaban J connectivity index is 1.40. The van der Waals surface area contributed by atoms with Crippen molar-refractivity contribution in [1.29, 1.82) is 0 Å². The summed E-state index contributed by atoms with van der Waals surface area (Å²) < 4.78 is 56.4. The van der Waals surface area contributed by atoms with Gasteiger partial charge in [0.15, 0.2) is 4.90 Å². The molecule has 2 aromatic heterocycles. The fourth-order valence-corrected chi connectivity index (χ4v) is 5.61. The SMILES string of the molecule is O=S(=O)(c1c(F)cccc1F)N1CCN(c2nc3nccc(-c4ccc(Cl)c(Cl)c4)n3n2)CC1. The van der Waals surface area contributed by atoms with Crippen LogP contribution in [-0.4, -0.2) is 58.5 Å². The zero-order valence-corrected chi connectivity index (χ0v) is 19.7. The molecular weight excluding hydrogens is 509 g/mol. The third kappa shape index (κ3) is 3.98. The molecule has 0 atom stereocenters. The maximum atomic E-state index is 14.1. The van der Waals surface area contributed by atoms with Gasteiger partial charge in [0.05, 0.1) is 15.7 Å². The number of nitrogens with zero attached hydrogens (tertiary/aromatic N) is 6. The van der Waals surface area contributed by atoms with E-state index in [-0.39, 0.29) is 26.2 Å². The van der Waals surface area contributed by atoms with Crippen LogP contribution in [0.2, 0.25) is 10.0 Å². The Hall–Kier alpha value is -2.86. The molecule has 0 unspecified atom stereocenters. The van der Waals surface area contributed by atoms with Gasteiger partial charge in [0.1, 0.15) is 11.6 Å². The van der Waals surface area contributed by atoms with Crippen molar-refractivity contribution < 1.29 is 17.2 Å². The summed E-state index contributed by atoms with van der Waals surface area (Å²) in [5, 5.41) is 5.37. The predicted octanol–water partition coefficient (Wildman–Crippen LogP) is 3.89. The van der Waals surface area contributed by atoms with Gasteiger partial charge in [-0.15, -0.1) is 5.10 Å². The number of sulfonamides is 1. The molecule has 2 aromatic carbocycles. The van der Waals surface area contributed by atoms with Crippen LogP contribution < -0.4 is 4.90 Å². The van der Waals surface area contributed by atoms with Gasteiger partial charge in [-0.1, -0.05) is 35.3 Å². The number of hydrogen-bond donors (Lipinski definition) is 0. The van der Waals surface area contributed by atoms with Crippen LogP contribution in [0.25, 0.3) is 17.0 Å². The summed E-state index contributed by atoms with van der Waals surface area (Å²) in [6.45, 7) is 0.486. The first-order valence-corrected chi connectivity index (χ1v) is 12.3. The summed E-state index contributed by atoms with van der Waals surface area (Å²) in [5.41, 5.74) is 1.46. The van der Waals surface area contributed by atoms with Crippen molar-refractivity contribution in [2.75, 3.05) is 31.1 Å². The second-order valence-electron chi connectivity index (χ2n) is 7.52. The first-order chi connectivity index (χ1) is 16.3. The van der Waals surface area contributed by atoms with E-state index >= 15 is 0 Å². The van der Waals surface area contributed by atoms with Gasteiger partial charge >= 0.3 is 0 Å². The molecule has 0 spiro atoms. The highest BCUT2D eigenvalue weighted by atomic mass is 35.5. The standard InChI is InChI=1S/C21H16Cl2F2N6O2S/c22-14-5-4-13(12-15(14)23)18-6-7-26-20-27-21(28-31(18)20)29-8-10-30(11-9-29)34(32,33)19-16(24)2-1-3-17(19)25/h1-7,12H,8-11H2. The minimum atomic E-state index is -4.33. The highest BCUT2D eigenvalue weighted by Crippen LogP contribution is 2.29. The molecule has 1 fully saturated rings.